The standard InChI is InChI=1S/C16H21ClN2O5/c1-2-4-11(16(21)22)18-9-15(20)19-12-8-14-13(7-10(12)17)23-5-3-6-24-14/h7-8,11,18H,2-6,9H2,1H3,(H,19,20)(H,21,22). The molecule has 1 heterocycles. The van der Waals surface area contributed by atoms with Crippen LogP contribution >= 0.6 is 11.6 Å². The van der Waals surface area contributed by atoms with Gasteiger partial charge in [0.25, 0.3) is 0 Å². The maximum Gasteiger partial charge on any atom is 0.320 e. The lowest BCUT2D eigenvalue weighted by atomic mass is 10.1. The Morgan fingerprint density at radius 1 is 1.29 bits per heavy atom. The number of carbonyl (C=O) groups excluding carboxylic acids is 1. The van der Waals surface area contributed by atoms with E-state index in [1.54, 1.807) is 12.1 Å². The third-order valence-electron chi connectivity index (χ3n) is 3.50. The van der Waals surface area contributed by atoms with E-state index in [0.29, 0.717) is 48.3 Å². The van der Waals surface area contributed by atoms with Gasteiger partial charge in [-0.1, -0.05) is 24.9 Å². The molecule has 24 heavy (non-hydrogen) atoms. The first-order valence-corrected chi connectivity index (χ1v) is 8.24. The smallest absolute Gasteiger partial charge is 0.320 e. The average Bonchev–Trinajstić information content (AvgIpc) is 2.76. The van der Waals surface area contributed by atoms with Crippen LogP contribution in [-0.4, -0.2) is 42.8 Å². The van der Waals surface area contributed by atoms with Crippen LogP contribution in [0, 0.1) is 0 Å². The number of benzene rings is 1. The van der Waals surface area contributed by atoms with Crippen molar-refractivity contribution in [2.24, 2.45) is 0 Å². The molecule has 7 nitrogen and oxygen atoms in total. The van der Waals surface area contributed by atoms with E-state index in [4.69, 9.17) is 26.2 Å². The van der Waals surface area contributed by atoms with Gasteiger partial charge >= 0.3 is 5.97 Å². The van der Waals surface area contributed by atoms with Crippen LogP contribution in [0.3, 0.4) is 0 Å². The van der Waals surface area contributed by atoms with Crippen LogP contribution in [-0.2, 0) is 9.59 Å². The number of fused-ring (bicyclic) bond motifs is 1. The fourth-order valence-electron chi connectivity index (χ4n) is 2.29. The molecule has 0 saturated carbocycles. The monoisotopic (exact) mass is 356 g/mol. The zero-order valence-electron chi connectivity index (χ0n) is 13.4. The highest BCUT2D eigenvalue weighted by Crippen LogP contribution is 2.37. The molecule has 1 unspecified atom stereocenters. The number of nitrogens with one attached hydrogen (secondary N) is 2. The van der Waals surface area contributed by atoms with Crippen molar-refractivity contribution in [2.75, 3.05) is 25.1 Å². The number of hydrogen-bond acceptors (Lipinski definition) is 5. The van der Waals surface area contributed by atoms with Crippen LogP contribution in [0.15, 0.2) is 12.1 Å². The molecule has 3 N–H and O–H groups in total. The lowest BCUT2D eigenvalue weighted by molar-refractivity contribution is -0.139. The van der Waals surface area contributed by atoms with E-state index >= 15 is 0 Å². The van der Waals surface area contributed by atoms with Crippen LogP contribution in [0.1, 0.15) is 26.2 Å². The zero-order chi connectivity index (χ0) is 17.5. The van der Waals surface area contributed by atoms with E-state index < -0.39 is 12.0 Å². The van der Waals surface area contributed by atoms with Crippen LogP contribution in [0.25, 0.3) is 0 Å². The number of ether oxygens (including phenoxy) is 2. The van der Waals surface area contributed by atoms with E-state index in [0.717, 1.165) is 6.42 Å². The second-order valence-electron chi connectivity index (χ2n) is 5.44. The number of anilines is 1. The quantitative estimate of drug-likeness (QED) is 0.693. The third-order valence-corrected chi connectivity index (χ3v) is 3.81. The summed E-state index contributed by atoms with van der Waals surface area (Å²) in [6, 6.07) is 2.46. The first-order valence-electron chi connectivity index (χ1n) is 7.86. The molecule has 0 spiro atoms. The van der Waals surface area contributed by atoms with Gasteiger partial charge in [-0.3, -0.25) is 14.9 Å². The minimum Gasteiger partial charge on any atom is -0.490 e. The van der Waals surface area contributed by atoms with Gasteiger partial charge in [0.05, 0.1) is 30.5 Å². The highest BCUT2D eigenvalue weighted by Gasteiger charge is 2.18. The highest BCUT2D eigenvalue weighted by molar-refractivity contribution is 6.34. The van der Waals surface area contributed by atoms with Crippen LogP contribution in [0.4, 0.5) is 5.69 Å². The number of carboxylic acids is 1. The lowest BCUT2D eigenvalue weighted by Gasteiger charge is -2.15. The van der Waals surface area contributed by atoms with Gasteiger partial charge in [-0.15, -0.1) is 0 Å². The Bertz CT molecular complexity index is 608. The minimum absolute atomic E-state index is 0.123. The number of hydrogen-bond donors (Lipinski definition) is 3. The summed E-state index contributed by atoms with van der Waals surface area (Å²) in [4.78, 5) is 23.1. The number of carboxylic acid groups (broad SMARTS) is 1. The Kier molecular flexibility index (Phi) is 6.69. The normalized spacial score (nSPS) is 14.6. The number of amides is 1. The number of carbonyl (C=O) groups is 2. The molecule has 1 aliphatic heterocycles. The maximum atomic E-state index is 12.0. The Hall–Kier alpha value is -1.99. The summed E-state index contributed by atoms with van der Waals surface area (Å²) < 4.78 is 11.1. The maximum absolute atomic E-state index is 12.0. The summed E-state index contributed by atoms with van der Waals surface area (Å²) in [6.07, 6.45) is 1.93. The molecular weight excluding hydrogens is 336 g/mol. The van der Waals surface area contributed by atoms with Crippen molar-refractivity contribution < 1.29 is 24.2 Å². The molecule has 0 aliphatic carbocycles. The van der Waals surface area contributed by atoms with Gasteiger partial charge in [-0.25, -0.2) is 0 Å². The summed E-state index contributed by atoms with van der Waals surface area (Å²) in [5.74, 6) is -0.288. The van der Waals surface area contributed by atoms with Crippen molar-refractivity contribution in [1.82, 2.24) is 5.32 Å². The molecule has 1 aliphatic rings. The molecule has 0 aromatic heterocycles. The van der Waals surface area contributed by atoms with Crippen molar-refractivity contribution in [2.45, 2.75) is 32.2 Å². The Balaban J connectivity index is 1.98. The summed E-state index contributed by atoms with van der Waals surface area (Å²) in [7, 11) is 0. The van der Waals surface area contributed by atoms with E-state index in [9.17, 15) is 9.59 Å². The highest BCUT2D eigenvalue weighted by atomic mass is 35.5. The molecule has 0 bridgehead atoms. The van der Waals surface area contributed by atoms with Crippen molar-refractivity contribution in [1.29, 1.82) is 0 Å². The van der Waals surface area contributed by atoms with Crippen molar-refractivity contribution in [3.63, 3.8) is 0 Å². The lowest BCUT2D eigenvalue weighted by Crippen LogP contribution is -2.41. The van der Waals surface area contributed by atoms with Crippen LogP contribution < -0.4 is 20.1 Å². The topological polar surface area (TPSA) is 96.9 Å². The number of rotatable bonds is 7. The third kappa shape index (κ3) is 5.01. The van der Waals surface area contributed by atoms with Gasteiger partial charge in [0.2, 0.25) is 5.91 Å². The Morgan fingerprint density at radius 2 is 1.96 bits per heavy atom. The van der Waals surface area contributed by atoms with Crippen molar-refractivity contribution in [3.8, 4) is 11.5 Å². The summed E-state index contributed by atoms with van der Waals surface area (Å²) in [5, 5.41) is 14.8. The predicted octanol–water partition coefficient (Wildman–Crippen LogP) is 2.28. The first-order chi connectivity index (χ1) is 11.5. The Morgan fingerprint density at radius 3 is 2.58 bits per heavy atom. The van der Waals surface area contributed by atoms with Gasteiger partial charge < -0.3 is 19.9 Å². The molecule has 0 fully saturated rings. The molecule has 2 rings (SSSR count). The van der Waals surface area contributed by atoms with E-state index in [1.165, 1.54) is 0 Å². The van der Waals surface area contributed by atoms with E-state index in [-0.39, 0.29) is 12.5 Å². The number of aliphatic carboxylic acids is 1. The van der Waals surface area contributed by atoms with Gasteiger partial charge in [0.1, 0.15) is 6.04 Å². The molecule has 0 radical (unpaired) electrons. The van der Waals surface area contributed by atoms with Crippen LogP contribution in [0.5, 0.6) is 11.5 Å². The molecule has 0 saturated heterocycles. The van der Waals surface area contributed by atoms with Crippen molar-refractivity contribution >= 4 is 29.2 Å². The predicted molar refractivity (Wildman–Crippen MR) is 90.0 cm³/mol. The summed E-state index contributed by atoms with van der Waals surface area (Å²) in [6.45, 7) is 2.84. The van der Waals surface area contributed by atoms with Gasteiger partial charge in [-0.05, 0) is 6.42 Å². The van der Waals surface area contributed by atoms with E-state index in [1.807, 2.05) is 6.92 Å². The van der Waals surface area contributed by atoms with Gasteiger partial charge in [0, 0.05) is 18.6 Å². The first kappa shape index (κ1) is 18.4. The zero-order valence-corrected chi connectivity index (χ0v) is 14.2. The molecule has 1 amide bonds. The van der Waals surface area contributed by atoms with Crippen molar-refractivity contribution in [3.05, 3.63) is 17.2 Å². The fourth-order valence-corrected chi connectivity index (χ4v) is 2.49. The van der Waals surface area contributed by atoms with Crippen LogP contribution in [0.2, 0.25) is 5.02 Å². The number of halogens is 1. The average molecular weight is 357 g/mol. The molecule has 8 heteroatoms. The van der Waals surface area contributed by atoms with E-state index in [2.05, 4.69) is 10.6 Å². The second-order valence-corrected chi connectivity index (χ2v) is 5.85. The largest absolute Gasteiger partial charge is 0.490 e. The van der Waals surface area contributed by atoms with Gasteiger partial charge in [-0.2, -0.15) is 0 Å². The SMILES string of the molecule is CCCC(NCC(=O)Nc1cc2c(cc1Cl)OCCCO2)C(=O)O. The van der Waals surface area contributed by atoms with Gasteiger partial charge in [0.15, 0.2) is 11.5 Å². The fraction of sp³-hybridized carbons (Fsp3) is 0.500. The molecular formula is C16H21ClN2O5. The summed E-state index contributed by atoms with van der Waals surface area (Å²) in [5.41, 5.74) is 0.398. The molecule has 1 aromatic rings. The Labute approximate surface area is 145 Å². The molecule has 1 atom stereocenters. The summed E-state index contributed by atoms with van der Waals surface area (Å²) >= 11 is 6.16. The second kappa shape index (κ2) is 8.75. The molecule has 1 aromatic carbocycles. The minimum atomic E-state index is -0.974. The molecule has 132 valence electrons.